The van der Waals surface area contributed by atoms with Gasteiger partial charge in [0.2, 0.25) is 0 Å². The molecule has 0 saturated heterocycles. The summed E-state index contributed by atoms with van der Waals surface area (Å²) < 4.78 is 22.6. The summed E-state index contributed by atoms with van der Waals surface area (Å²) >= 11 is 2.31. The van der Waals surface area contributed by atoms with E-state index in [0.717, 1.165) is 0 Å². The van der Waals surface area contributed by atoms with Gasteiger partial charge in [0, 0.05) is 0 Å². The Morgan fingerprint density at radius 1 is 1.30 bits per heavy atom. The first-order valence-electron chi connectivity index (χ1n) is 2.25. The predicted octanol–water partition coefficient (Wildman–Crippen LogP) is 2.11. The molecule has 3 nitrogen and oxygen atoms in total. The van der Waals surface area contributed by atoms with Crippen LogP contribution in [-0.4, -0.2) is 8.32 Å². The molecule has 65 valence electrons. The van der Waals surface area contributed by atoms with Crippen LogP contribution in [0.4, 0.5) is 0 Å². The van der Waals surface area contributed by atoms with Crippen LogP contribution in [-0.2, 0) is 28.3 Å². The van der Waals surface area contributed by atoms with Gasteiger partial charge in [-0.1, -0.05) is 0 Å². The molecule has 0 radical (unpaired) electrons. The van der Waals surface area contributed by atoms with Crippen LogP contribution in [0.15, 0.2) is 0 Å². The molecule has 6 heteroatoms. The summed E-state index contributed by atoms with van der Waals surface area (Å²) in [5.74, 6) is 0. The van der Waals surface area contributed by atoms with Gasteiger partial charge in [0.05, 0.1) is 0 Å². The van der Waals surface area contributed by atoms with Crippen LogP contribution in [0.3, 0.4) is 0 Å². The van der Waals surface area contributed by atoms with Gasteiger partial charge in [-0.15, -0.1) is 0 Å². The summed E-state index contributed by atoms with van der Waals surface area (Å²) in [4.78, 5) is 0. The van der Waals surface area contributed by atoms with Gasteiger partial charge in [-0.2, -0.15) is 0 Å². The van der Waals surface area contributed by atoms with Crippen LogP contribution in [0.2, 0.25) is 19.6 Å². The van der Waals surface area contributed by atoms with E-state index in [1.165, 1.54) is 0 Å². The maximum atomic E-state index is 9.79. The first-order chi connectivity index (χ1) is 4.06. The quantitative estimate of drug-likeness (QED) is 0.412. The van der Waals surface area contributed by atoms with Crippen LogP contribution in [0, 0.1) is 7.43 Å². The Morgan fingerprint density at radius 2 is 1.60 bits per heavy atom. The van der Waals surface area contributed by atoms with E-state index in [2.05, 4.69) is 15.7 Å². The average molecular weight is 227 g/mol. The van der Waals surface area contributed by atoms with Gasteiger partial charge in [-0.05, 0) is 24.2 Å². The van der Waals surface area contributed by atoms with Gasteiger partial charge in [-0.25, -0.2) is 4.21 Å². The second-order valence-corrected chi connectivity index (χ2v) is 7.51. The first kappa shape index (κ1) is 16.9. The van der Waals surface area contributed by atoms with Crippen LogP contribution in [0.25, 0.3) is 0 Å². The molecule has 0 N–H and O–H groups in total. The SMILES string of the molecule is C[Si](C)(C)O[PH+]=O.[CH3-].[O]=[Co]. The third-order valence-corrected chi connectivity index (χ3v) is 3.13. The molecule has 0 spiro atoms. The summed E-state index contributed by atoms with van der Waals surface area (Å²) in [6.45, 7) is 5.99. The number of rotatable bonds is 2. The van der Waals surface area contributed by atoms with E-state index in [-0.39, 0.29) is 7.43 Å². The molecule has 0 rings (SSSR count). The van der Waals surface area contributed by atoms with Gasteiger partial charge in [0.1, 0.15) is 0 Å². The molecule has 1 unspecified atom stereocenters. The zero-order valence-corrected chi connectivity index (χ0v) is 9.60. The molecule has 0 aromatic rings. The second-order valence-electron chi connectivity index (χ2n) is 2.30. The predicted molar refractivity (Wildman–Crippen MR) is 40.5 cm³/mol. The molecular weight excluding hydrogens is 214 g/mol. The molecule has 0 saturated carbocycles. The molecule has 1 atom stereocenters. The third-order valence-electron chi connectivity index (χ3n) is 0.348. The molecule has 0 aromatic carbocycles. The van der Waals surface area contributed by atoms with Crippen LogP contribution in [0.5, 0.6) is 0 Å². The molecule has 0 bridgehead atoms. The average Bonchev–Trinajstić information content (AvgIpc) is 1.69. The van der Waals surface area contributed by atoms with Gasteiger partial charge in [-0.3, -0.25) is 0 Å². The van der Waals surface area contributed by atoms with Crippen molar-refractivity contribution in [2.75, 3.05) is 0 Å². The fourth-order valence-electron chi connectivity index (χ4n) is 0.125. The molecular formula is C4H13CoO3PSi. The van der Waals surface area contributed by atoms with Gasteiger partial charge in [0.25, 0.3) is 8.32 Å². The Hall–Kier alpha value is 0.583. The molecule has 0 aliphatic carbocycles. The Bertz CT molecular complexity index is 85.1. The van der Waals surface area contributed by atoms with E-state index in [4.69, 9.17) is 8.08 Å². The van der Waals surface area contributed by atoms with Crippen LogP contribution >= 0.6 is 8.69 Å². The van der Waals surface area contributed by atoms with Crippen molar-refractivity contribution in [3.63, 3.8) is 0 Å². The standard InChI is InChI=1S/C3H10O2PSi.CH3.Co.O/c1-7(2,3)5-6-4;;;/h6H,1-3H3;1H3;;/q+1;-1;;. The van der Waals surface area contributed by atoms with E-state index >= 15 is 0 Å². The van der Waals surface area contributed by atoms with Crippen molar-refractivity contribution in [3.8, 4) is 0 Å². The Labute approximate surface area is 72.7 Å². The van der Waals surface area contributed by atoms with Crippen molar-refractivity contribution in [2.24, 2.45) is 0 Å². The number of hydrogen-bond acceptors (Lipinski definition) is 3. The third kappa shape index (κ3) is 23.5. The first-order valence-corrected chi connectivity index (χ1v) is 6.90. The zero-order valence-electron chi connectivity index (χ0n) is 6.56. The van der Waals surface area contributed by atoms with E-state index in [0.29, 0.717) is 0 Å². The molecule has 0 amide bonds. The van der Waals surface area contributed by atoms with Crippen molar-refractivity contribution < 1.29 is 28.3 Å². The normalized spacial score (nSPS) is 9.20. The van der Waals surface area contributed by atoms with Crippen molar-refractivity contribution in [2.45, 2.75) is 19.6 Å². The van der Waals surface area contributed by atoms with E-state index in [1.807, 2.05) is 19.6 Å². The molecule has 10 heavy (non-hydrogen) atoms. The fraction of sp³-hybridized carbons (Fsp3) is 0.750. The summed E-state index contributed by atoms with van der Waals surface area (Å²) in [5.41, 5.74) is 0. The van der Waals surface area contributed by atoms with Gasteiger partial charge >= 0.3 is 28.2 Å². The van der Waals surface area contributed by atoms with Crippen LogP contribution in [0.1, 0.15) is 0 Å². The number of hydrogen-bond donors (Lipinski definition) is 0. The minimum absolute atomic E-state index is 0. The van der Waals surface area contributed by atoms with E-state index < -0.39 is 17.0 Å². The Balaban J connectivity index is -0.000000149. The summed E-state index contributed by atoms with van der Waals surface area (Å²) in [6.07, 6.45) is 0. The molecule has 0 aromatic heterocycles. The molecule has 0 fully saturated rings. The zero-order chi connectivity index (χ0) is 7.91. The molecule has 0 aliphatic rings. The van der Waals surface area contributed by atoms with E-state index in [1.54, 1.807) is 0 Å². The monoisotopic (exact) mass is 227 g/mol. The van der Waals surface area contributed by atoms with Crippen molar-refractivity contribution in [3.05, 3.63) is 7.43 Å². The van der Waals surface area contributed by atoms with E-state index in [9.17, 15) is 4.57 Å². The van der Waals surface area contributed by atoms with Crippen molar-refractivity contribution in [1.29, 1.82) is 0 Å². The molecule has 0 aliphatic heterocycles. The summed E-state index contributed by atoms with van der Waals surface area (Å²) in [5, 5.41) is 0. The second kappa shape index (κ2) is 9.58. The fourth-order valence-corrected chi connectivity index (χ4v) is 1.13. The van der Waals surface area contributed by atoms with Crippen molar-refractivity contribution >= 4 is 17.0 Å². The maximum absolute atomic E-state index is 9.79. The summed E-state index contributed by atoms with van der Waals surface area (Å²) in [7, 11) is -2.04. The van der Waals surface area contributed by atoms with Gasteiger partial charge in [0.15, 0.2) is 0 Å². The Kier molecular flexibility index (Phi) is 16.2. The molecule has 0 heterocycles. The van der Waals surface area contributed by atoms with Crippen LogP contribution < -0.4 is 0 Å². The summed E-state index contributed by atoms with van der Waals surface area (Å²) in [6, 6.07) is 0. The minimum atomic E-state index is -1.46. The van der Waals surface area contributed by atoms with Crippen molar-refractivity contribution in [1.82, 2.24) is 0 Å². The topological polar surface area (TPSA) is 43.4 Å². The Morgan fingerprint density at radius 3 is 1.60 bits per heavy atom. The van der Waals surface area contributed by atoms with Gasteiger partial charge < -0.3 is 7.43 Å².